The quantitative estimate of drug-likeness (QED) is 0.312. The third kappa shape index (κ3) is 8.31. The highest BCUT2D eigenvalue weighted by atomic mass is 16.5. The molecule has 44 heavy (non-hydrogen) atoms. The van der Waals surface area contributed by atoms with Crippen molar-refractivity contribution in [2.24, 2.45) is 11.3 Å². The topological polar surface area (TPSA) is 161 Å². The van der Waals surface area contributed by atoms with Gasteiger partial charge in [0.05, 0.1) is 12.5 Å². The average Bonchev–Trinajstić information content (AvgIpc) is 3.68. The molecule has 0 saturated heterocycles. The lowest BCUT2D eigenvalue weighted by Crippen LogP contribution is -2.50. The second kappa shape index (κ2) is 14.8. The maximum atomic E-state index is 14.3. The fraction of sp³-hybridized carbons (Fsp3) is 0.484. The highest BCUT2D eigenvalue weighted by molar-refractivity contribution is 5.85. The summed E-state index contributed by atoms with van der Waals surface area (Å²) < 4.78 is 12.9. The minimum absolute atomic E-state index is 0.103. The number of rotatable bonds is 7. The lowest BCUT2D eigenvalue weighted by Gasteiger charge is -2.33. The van der Waals surface area contributed by atoms with Crippen LogP contribution in [-0.4, -0.2) is 77.4 Å². The van der Waals surface area contributed by atoms with Crippen molar-refractivity contribution in [3.8, 4) is 17.3 Å². The van der Waals surface area contributed by atoms with Crippen LogP contribution in [0.4, 0.5) is 0 Å². The van der Waals surface area contributed by atoms with E-state index in [0.29, 0.717) is 68.6 Å². The zero-order chi connectivity index (χ0) is 30.8. The van der Waals surface area contributed by atoms with Crippen LogP contribution in [0, 0.1) is 11.3 Å². The number of hydrogen-bond donors (Lipinski definition) is 4. The van der Waals surface area contributed by atoms with Gasteiger partial charge in [-0.15, -0.1) is 0 Å². The maximum absolute atomic E-state index is 14.3. The van der Waals surface area contributed by atoms with Crippen molar-refractivity contribution >= 4 is 17.7 Å². The van der Waals surface area contributed by atoms with Gasteiger partial charge >= 0.3 is 0 Å². The summed E-state index contributed by atoms with van der Waals surface area (Å²) in [6.45, 7) is 1.91. The van der Waals surface area contributed by atoms with Crippen LogP contribution < -0.4 is 30.7 Å². The molecule has 5 rings (SSSR count). The van der Waals surface area contributed by atoms with Crippen molar-refractivity contribution in [2.45, 2.75) is 45.1 Å². The second-order valence-corrected chi connectivity index (χ2v) is 11.4. The number of pyridine rings is 1. The molecule has 3 heterocycles. The number of fused-ring (bicyclic) bond motifs is 2. The van der Waals surface area contributed by atoms with Crippen molar-refractivity contribution in [2.75, 3.05) is 39.9 Å². The number of carbonyl (C=O) groups excluding carboxylic acids is 3. The molecule has 13 heteroatoms. The SMILES string of the molecule is COc1ccc2cc1OCC(=O)NCCNCCCC(=O)NCC(CC1CC1)(C(=O)NCc1cccnc1-n1cncn1)C2. The molecule has 1 aromatic carbocycles. The van der Waals surface area contributed by atoms with Gasteiger partial charge in [0.1, 0.15) is 12.7 Å². The Balaban J connectivity index is 1.43. The first kappa shape index (κ1) is 30.9. The molecule has 1 aliphatic carbocycles. The third-order valence-corrected chi connectivity index (χ3v) is 7.94. The van der Waals surface area contributed by atoms with Crippen LogP contribution in [-0.2, 0) is 27.3 Å². The molecule has 1 aliphatic heterocycles. The first-order valence-electron chi connectivity index (χ1n) is 15.1. The van der Waals surface area contributed by atoms with E-state index in [4.69, 9.17) is 9.47 Å². The van der Waals surface area contributed by atoms with Crippen molar-refractivity contribution in [1.82, 2.24) is 41.0 Å². The fourth-order valence-corrected chi connectivity index (χ4v) is 5.46. The van der Waals surface area contributed by atoms with Gasteiger partial charge in [-0.2, -0.15) is 5.10 Å². The predicted molar refractivity (Wildman–Crippen MR) is 161 cm³/mol. The Hall–Kier alpha value is -4.52. The van der Waals surface area contributed by atoms with Crippen molar-refractivity contribution in [1.29, 1.82) is 0 Å². The van der Waals surface area contributed by atoms with Gasteiger partial charge < -0.3 is 30.7 Å². The van der Waals surface area contributed by atoms with E-state index in [9.17, 15) is 14.4 Å². The summed E-state index contributed by atoms with van der Waals surface area (Å²) in [5, 5.41) is 16.5. The molecule has 3 aromatic rings. The second-order valence-electron chi connectivity index (χ2n) is 11.4. The van der Waals surface area contributed by atoms with Crippen molar-refractivity contribution in [3.63, 3.8) is 0 Å². The molecule has 0 radical (unpaired) electrons. The van der Waals surface area contributed by atoms with Gasteiger partial charge in [0.2, 0.25) is 11.8 Å². The number of methoxy groups -OCH3 is 1. The summed E-state index contributed by atoms with van der Waals surface area (Å²) in [7, 11) is 1.54. The van der Waals surface area contributed by atoms with Gasteiger partial charge in [-0.3, -0.25) is 14.4 Å². The van der Waals surface area contributed by atoms with E-state index < -0.39 is 5.41 Å². The lowest BCUT2D eigenvalue weighted by atomic mass is 9.75. The van der Waals surface area contributed by atoms with Crippen molar-refractivity contribution < 1.29 is 23.9 Å². The zero-order valence-corrected chi connectivity index (χ0v) is 25.0. The first-order valence-corrected chi connectivity index (χ1v) is 15.1. The van der Waals surface area contributed by atoms with Gasteiger partial charge in [0.25, 0.3) is 5.91 Å². The van der Waals surface area contributed by atoms with E-state index in [0.717, 1.165) is 24.0 Å². The Labute approximate surface area is 256 Å². The summed E-state index contributed by atoms with van der Waals surface area (Å²) in [6.07, 6.45) is 8.69. The Morgan fingerprint density at radius 2 is 2.05 bits per heavy atom. The van der Waals surface area contributed by atoms with Crippen molar-refractivity contribution in [3.05, 3.63) is 60.3 Å². The van der Waals surface area contributed by atoms with Gasteiger partial charge in [0, 0.05) is 44.4 Å². The van der Waals surface area contributed by atoms with Crippen LogP contribution in [0.5, 0.6) is 11.5 Å². The van der Waals surface area contributed by atoms with E-state index in [-0.39, 0.29) is 37.4 Å². The third-order valence-electron chi connectivity index (χ3n) is 7.94. The smallest absolute Gasteiger partial charge is 0.257 e. The Bertz CT molecular complexity index is 1430. The lowest BCUT2D eigenvalue weighted by molar-refractivity contribution is -0.132. The Kier molecular flexibility index (Phi) is 10.4. The standard InChI is InChI=1S/C31H40N8O5/c1-43-25-9-8-23-14-26(25)44-18-28(41)34-13-12-32-10-3-5-27(40)37-19-31(16-23,15-22-6-7-22)30(42)36-17-24-4-2-11-35-29(24)39-21-33-20-38-39/h2,4,8-9,11,14,20-22,32H,3,5-7,10,12-13,15-19H2,1H3,(H,34,41)(H,36,42)(H,37,40). The summed E-state index contributed by atoms with van der Waals surface area (Å²) in [5.41, 5.74) is 0.684. The van der Waals surface area contributed by atoms with Crippen LogP contribution in [0.2, 0.25) is 0 Å². The molecule has 1 saturated carbocycles. The average molecular weight is 605 g/mol. The van der Waals surface area contributed by atoms with Crippen LogP contribution in [0.15, 0.2) is 49.2 Å². The molecule has 2 aliphatic rings. The van der Waals surface area contributed by atoms with E-state index in [2.05, 4.69) is 36.3 Å². The van der Waals surface area contributed by atoms with Crippen LogP contribution in [0.25, 0.3) is 5.82 Å². The van der Waals surface area contributed by atoms with Gasteiger partial charge in [-0.05, 0) is 55.5 Å². The molecule has 13 nitrogen and oxygen atoms in total. The highest BCUT2D eigenvalue weighted by Crippen LogP contribution is 2.43. The van der Waals surface area contributed by atoms with Crippen LogP contribution in [0.3, 0.4) is 0 Å². The first-order chi connectivity index (χ1) is 21.5. The molecular weight excluding hydrogens is 564 g/mol. The molecule has 2 aromatic heterocycles. The number of nitrogens with one attached hydrogen (secondary N) is 4. The zero-order valence-electron chi connectivity index (χ0n) is 25.0. The van der Waals surface area contributed by atoms with Crippen LogP contribution >= 0.6 is 0 Å². The molecule has 3 amide bonds. The number of aromatic nitrogens is 4. The summed E-state index contributed by atoms with van der Waals surface area (Å²) in [5.74, 6) is 1.36. The Morgan fingerprint density at radius 1 is 1.16 bits per heavy atom. The molecule has 234 valence electrons. The maximum Gasteiger partial charge on any atom is 0.257 e. The summed E-state index contributed by atoms with van der Waals surface area (Å²) in [6, 6.07) is 9.20. The monoisotopic (exact) mass is 604 g/mol. The van der Waals surface area contributed by atoms with E-state index in [1.807, 2.05) is 24.3 Å². The van der Waals surface area contributed by atoms with E-state index in [1.54, 1.807) is 30.4 Å². The minimum Gasteiger partial charge on any atom is -0.493 e. The largest absolute Gasteiger partial charge is 0.493 e. The van der Waals surface area contributed by atoms with Gasteiger partial charge in [-0.1, -0.05) is 25.0 Å². The molecule has 1 atom stereocenters. The fourth-order valence-electron chi connectivity index (χ4n) is 5.46. The summed E-state index contributed by atoms with van der Waals surface area (Å²) >= 11 is 0. The minimum atomic E-state index is -0.931. The van der Waals surface area contributed by atoms with E-state index in [1.165, 1.54) is 6.33 Å². The number of ether oxygens (including phenoxy) is 2. The number of benzene rings is 1. The number of hydrogen-bond acceptors (Lipinski definition) is 9. The van der Waals surface area contributed by atoms with Gasteiger partial charge in [-0.25, -0.2) is 14.6 Å². The molecule has 2 bridgehead atoms. The van der Waals surface area contributed by atoms with E-state index >= 15 is 0 Å². The molecular formula is C31H40N8O5. The normalized spacial score (nSPS) is 20.3. The number of carbonyl (C=O) groups is 3. The molecule has 1 unspecified atom stereocenters. The molecule has 0 spiro atoms. The van der Waals surface area contributed by atoms with Gasteiger partial charge in [0.15, 0.2) is 23.9 Å². The number of amides is 3. The number of nitrogens with zero attached hydrogens (tertiary/aromatic N) is 4. The predicted octanol–water partition coefficient (Wildman–Crippen LogP) is 1.31. The molecule has 1 fully saturated rings. The highest BCUT2D eigenvalue weighted by Gasteiger charge is 2.43. The Morgan fingerprint density at radius 3 is 2.84 bits per heavy atom. The van der Waals surface area contributed by atoms with Crippen LogP contribution in [0.1, 0.15) is 43.2 Å². The summed E-state index contributed by atoms with van der Waals surface area (Å²) in [4.78, 5) is 48.1. The molecule has 4 N–H and O–H groups in total.